The van der Waals surface area contributed by atoms with Crippen molar-refractivity contribution in [2.24, 2.45) is 0 Å². The van der Waals surface area contributed by atoms with E-state index in [1.54, 1.807) is 0 Å². The van der Waals surface area contributed by atoms with Crippen molar-refractivity contribution in [1.29, 1.82) is 0 Å². The van der Waals surface area contributed by atoms with Crippen LogP contribution in [0.2, 0.25) is 0 Å². The summed E-state index contributed by atoms with van der Waals surface area (Å²) in [5, 5.41) is 0. The molecule has 0 aliphatic heterocycles. The second kappa shape index (κ2) is 8.84. The van der Waals surface area contributed by atoms with Gasteiger partial charge in [0.25, 0.3) is 0 Å². The maximum Gasteiger partial charge on any atom is 4.00 e. The molecular formula is FeNiO4PTi+5. The summed E-state index contributed by atoms with van der Waals surface area (Å²) in [7, 11) is -5.39. The minimum atomic E-state index is -5.39. The minimum Gasteiger partial charge on any atom is -0.822 e. The van der Waals surface area contributed by atoms with Gasteiger partial charge < -0.3 is 19.2 Å². The second-order valence-corrected chi connectivity index (χ2v) is 1.34. The van der Waals surface area contributed by atoms with Crippen LogP contribution in [0, 0.1) is 0 Å². The Balaban J connectivity index is -0.0000000267. The Morgan fingerprint density at radius 1 is 1.12 bits per heavy atom. The molecule has 0 aromatic carbocycles. The van der Waals surface area contributed by atoms with Gasteiger partial charge in [0.2, 0.25) is 0 Å². The van der Waals surface area contributed by atoms with Crippen molar-refractivity contribution >= 4 is 7.82 Å². The molecule has 46 valence electrons. The molecule has 0 radical (unpaired) electrons. The van der Waals surface area contributed by atoms with E-state index >= 15 is 0 Å². The molecule has 0 saturated carbocycles. The monoisotopic (exact) mass is 257 g/mol. The molecule has 8 heteroatoms. The smallest absolute Gasteiger partial charge is 0.822 e. The molecular weight excluding hydrogens is 257 g/mol. The number of phosphoric acid groups is 1. The largest absolute Gasteiger partial charge is 4.00 e. The van der Waals surface area contributed by atoms with Crippen LogP contribution in [-0.4, -0.2) is 0 Å². The zero-order valence-corrected chi connectivity index (χ0v) is 7.80. The van der Waals surface area contributed by atoms with E-state index in [0.717, 1.165) is 0 Å². The summed E-state index contributed by atoms with van der Waals surface area (Å²) < 4.78 is 8.55. The summed E-state index contributed by atoms with van der Waals surface area (Å²) in [5.41, 5.74) is 0. The first-order valence-corrected chi connectivity index (χ1v) is 2.19. The Kier molecular flexibility index (Phi) is 24.9. The van der Waals surface area contributed by atoms with E-state index in [2.05, 4.69) is 0 Å². The average Bonchev–Trinajstić information content (AvgIpc) is 0.722. The van der Waals surface area contributed by atoms with Gasteiger partial charge in [0.15, 0.2) is 0 Å². The van der Waals surface area contributed by atoms with Gasteiger partial charge in [-0.05, 0) is 0 Å². The molecule has 0 aliphatic carbocycles. The molecule has 0 heterocycles. The predicted molar refractivity (Wildman–Crippen MR) is 7.61 cm³/mol. The van der Waals surface area contributed by atoms with Gasteiger partial charge in [-0.1, -0.05) is 0 Å². The predicted octanol–water partition coefficient (Wildman–Crippen LogP) is -2.83. The van der Waals surface area contributed by atoms with Gasteiger partial charge >= 0.3 is 55.3 Å². The standard InChI is InChI=1S/Fe.Ni.H3O4P.Ti/c;;1-5(2,3)4;/h;;(H3,1,2,3,4);/q2*+2;;+4/p-3. The average molecular weight is 257 g/mol. The normalized spacial score (nSPS) is 7.38. The van der Waals surface area contributed by atoms with Gasteiger partial charge in [0, 0.05) is 0 Å². The van der Waals surface area contributed by atoms with E-state index < -0.39 is 7.82 Å². The summed E-state index contributed by atoms with van der Waals surface area (Å²) in [6, 6.07) is 0. The molecule has 0 unspecified atom stereocenters. The van der Waals surface area contributed by atoms with E-state index in [1.165, 1.54) is 0 Å². The molecule has 0 fully saturated rings. The van der Waals surface area contributed by atoms with Gasteiger partial charge in [0.1, 0.15) is 0 Å². The molecule has 4 nitrogen and oxygen atoms in total. The fourth-order valence-corrected chi connectivity index (χ4v) is 0. The SMILES string of the molecule is O=P([O-])([O-])[O-].[Fe+2].[Ni+2].[Ti+4]. The third kappa shape index (κ3) is 109. The second-order valence-electron chi connectivity index (χ2n) is 0.447. The summed E-state index contributed by atoms with van der Waals surface area (Å²) in [4.78, 5) is 25.6. The molecule has 0 rings (SSSR count). The zero-order chi connectivity index (χ0) is 4.50. The third-order valence-electron chi connectivity index (χ3n) is 0. The molecule has 0 spiro atoms. The van der Waals surface area contributed by atoms with Crippen molar-refractivity contribution in [1.82, 2.24) is 0 Å². The summed E-state index contributed by atoms with van der Waals surface area (Å²) in [6.45, 7) is 0. The van der Waals surface area contributed by atoms with Crippen molar-refractivity contribution in [3.05, 3.63) is 0 Å². The van der Waals surface area contributed by atoms with Gasteiger partial charge in [-0.2, -0.15) is 7.82 Å². The number of hydrogen-bond acceptors (Lipinski definition) is 4. The third-order valence-corrected chi connectivity index (χ3v) is 0. The quantitative estimate of drug-likeness (QED) is 0.346. The minimum absolute atomic E-state index is 0. The molecule has 0 bridgehead atoms. The maximum atomic E-state index is 8.55. The molecule has 8 heavy (non-hydrogen) atoms. The fraction of sp³-hybridized carbons (Fsp3) is 0. The molecule has 0 aromatic rings. The molecule has 0 saturated heterocycles. The van der Waals surface area contributed by atoms with Crippen LogP contribution in [0.5, 0.6) is 0 Å². The number of hydrogen-bond donors (Lipinski definition) is 0. The van der Waals surface area contributed by atoms with Crippen LogP contribution in [0.4, 0.5) is 0 Å². The van der Waals surface area contributed by atoms with Crippen LogP contribution in [0.1, 0.15) is 0 Å². The fourth-order valence-electron chi connectivity index (χ4n) is 0. The first-order chi connectivity index (χ1) is 2.00. The first-order valence-electron chi connectivity index (χ1n) is 0.730. The summed E-state index contributed by atoms with van der Waals surface area (Å²) in [5.74, 6) is 0. The van der Waals surface area contributed by atoms with E-state index in [9.17, 15) is 0 Å². The van der Waals surface area contributed by atoms with Crippen molar-refractivity contribution < 1.29 is 74.5 Å². The molecule has 0 aromatic heterocycles. The van der Waals surface area contributed by atoms with Crippen LogP contribution >= 0.6 is 7.82 Å². The van der Waals surface area contributed by atoms with Gasteiger partial charge in [-0.3, -0.25) is 0 Å². The van der Waals surface area contributed by atoms with E-state index in [0.29, 0.717) is 0 Å². The van der Waals surface area contributed by atoms with Gasteiger partial charge in [-0.15, -0.1) is 0 Å². The Morgan fingerprint density at radius 2 is 1.12 bits per heavy atom. The van der Waals surface area contributed by atoms with Crippen LogP contribution in [0.15, 0.2) is 0 Å². The zero-order valence-electron chi connectivity index (χ0n) is 3.25. The molecule has 0 atom stereocenters. The molecule has 0 amide bonds. The number of rotatable bonds is 0. The summed E-state index contributed by atoms with van der Waals surface area (Å²) >= 11 is 0. The Labute approximate surface area is 82.0 Å². The Bertz CT molecular complexity index is 62.2. The maximum absolute atomic E-state index is 8.55. The van der Waals surface area contributed by atoms with Crippen LogP contribution in [-0.2, 0) is 59.8 Å². The van der Waals surface area contributed by atoms with Crippen molar-refractivity contribution in [2.75, 3.05) is 0 Å². The van der Waals surface area contributed by atoms with Crippen LogP contribution < -0.4 is 14.7 Å². The Morgan fingerprint density at radius 3 is 1.12 bits per heavy atom. The molecule has 0 N–H and O–H groups in total. The van der Waals surface area contributed by atoms with E-state index in [1.807, 2.05) is 0 Å². The van der Waals surface area contributed by atoms with Crippen LogP contribution in [0.25, 0.3) is 0 Å². The van der Waals surface area contributed by atoms with Crippen molar-refractivity contribution in [3.8, 4) is 0 Å². The van der Waals surface area contributed by atoms with Crippen molar-refractivity contribution in [2.45, 2.75) is 0 Å². The van der Waals surface area contributed by atoms with E-state index in [-0.39, 0.29) is 55.3 Å². The van der Waals surface area contributed by atoms with Gasteiger partial charge in [-0.25, -0.2) is 0 Å². The van der Waals surface area contributed by atoms with E-state index in [4.69, 9.17) is 19.2 Å². The topological polar surface area (TPSA) is 86.2 Å². The first kappa shape index (κ1) is 22.5. The van der Waals surface area contributed by atoms with Crippen LogP contribution in [0.3, 0.4) is 0 Å². The summed E-state index contributed by atoms with van der Waals surface area (Å²) in [6.07, 6.45) is 0. The van der Waals surface area contributed by atoms with Crippen molar-refractivity contribution in [3.63, 3.8) is 0 Å². The molecule has 0 aliphatic rings. The Hall–Kier alpha value is 1.84. The van der Waals surface area contributed by atoms with Gasteiger partial charge in [0.05, 0.1) is 0 Å².